The van der Waals surface area contributed by atoms with Gasteiger partial charge in [0, 0.05) is 13.2 Å². The van der Waals surface area contributed by atoms with Crippen LogP contribution in [0.25, 0.3) is 0 Å². The summed E-state index contributed by atoms with van der Waals surface area (Å²) in [6, 6.07) is 0.443. The quantitative estimate of drug-likeness (QED) is 0.756. The van der Waals surface area contributed by atoms with Gasteiger partial charge in [-0.2, -0.15) is 0 Å². The van der Waals surface area contributed by atoms with Gasteiger partial charge in [0.25, 0.3) is 0 Å². The molecule has 2 N–H and O–H groups in total. The Morgan fingerprint density at radius 1 is 1.38 bits per heavy atom. The van der Waals surface area contributed by atoms with E-state index in [-0.39, 0.29) is 12.1 Å². The molecule has 1 aliphatic rings. The van der Waals surface area contributed by atoms with Crippen LogP contribution in [-0.2, 0) is 4.74 Å². The Labute approximate surface area is 98.1 Å². The number of amides is 2. The van der Waals surface area contributed by atoms with Crippen LogP contribution in [-0.4, -0.2) is 31.8 Å². The van der Waals surface area contributed by atoms with Crippen molar-refractivity contribution in [3.63, 3.8) is 0 Å². The van der Waals surface area contributed by atoms with E-state index in [4.69, 9.17) is 4.74 Å². The number of urea groups is 1. The first-order chi connectivity index (χ1) is 7.76. The maximum absolute atomic E-state index is 11.7. The molecule has 0 aromatic carbocycles. The average Bonchev–Trinajstić information content (AvgIpc) is 2.29. The van der Waals surface area contributed by atoms with Crippen LogP contribution >= 0.6 is 0 Å². The molecule has 1 atom stereocenters. The maximum atomic E-state index is 11.7. The SMILES string of the molecule is CCC(COC)NC(=O)NC1CCCCC1. The van der Waals surface area contributed by atoms with Crippen LogP contribution in [0.4, 0.5) is 4.79 Å². The summed E-state index contributed by atoms with van der Waals surface area (Å²) in [7, 11) is 1.66. The van der Waals surface area contributed by atoms with Gasteiger partial charge >= 0.3 is 6.03 Å². The Morgan fingerprint density at radius 2 is 2.06 bits per heavy atom. The Kier molecular flexibility index (Phi) is 6.23. The predicted molar refractivity (Wildman–Crippen MR) is 64.5 cm³/mol. The van der Waals surface area contributed by atoms with Gasteiger partial charge in [-0.25, -0.2) is 4.79 Å². The number of carbonyl (C=O) groups is 1. The van der Waals surface area contributed by atoms with Gasteiger partial charge in [-0.15, -0.1) is 0 Å². The molecule has 0 aromatic rings. The number of rotatable bonds is 5. The molecule has 0 heterocycles. The highest BCUT2D eigenvalue weighted by molar-refractivity contribution is 5.74. The van der Waals surface area contributed by atoms with Crippen molar-refractivity contribution >= 4 is 6.03 Å². The lowest BCUT2D eigenvalue weighted by Gasteiger charge is -2.24. The molecule has 0 spiro atoms. The van der Waals surface area contributed by atoms with Crippen molar-refractivity contribution in [3.8, 4) is 0 Å². The van der Waals surface area contributed by atoms with E-state index in [1.807, 2.05) is 6.92 Å². The number of hydrogen-bond acceptors (Lipinski definition) is 2. The monoisotopic (exact) mass is 228 g/mol. The zero-order valence-electron chi connectivity index (χ0n) is 10.4. The number of methoxy groups -OCH3 is 1. The van der Waals surface area contributed by atoms with Crippen LogP contribution in [0, 0.1) is 0 Å². The summed E-state index contributed by atoms with van der Waals surface area (Å²) in [4.78, 5) is 11.7. The van der Waals surface area contributed by atoms with Crippen molar-refractivity contribution in [2.45, 2.75) is 57.5 Å². The Bertz CT molecular complexity index is 194. The van der Waals surface area contributed by atoms with E-state index >= 15 is 0 Å². The number of nitrogens with one attached hydrogen (secondary N) is 2. The minimum atomic E-state index is -0.0456. The number of ether oxygens (including phenoxy) is 1. The first-order valence-corrected chi connectivity index (χ1v) is 6.32. The summed E-state index contributed by atoms with van der Waals surface area (Å²) >= 11 is 0. The fourth-order valence-corrected chi connectivity index (χ4v) is 2.12. The van der Waals surface area contributed by atoms with Gasteiger partial charge in [0.1, 0.15) is 0 Å². The molecular formula is C12H24N2O2. The summed E-state index contributed by atoms with van der Waals surface area (Å²) in [5.74, 6) is 0. The van der Waals surface area contributed by atoms with E-state index in [1.165, 1.54) is 19.3 Å². The van der Waals surface area contributed by atoms with Gasteiger partial charge in [0.05, 0.1) is 12.6 Å². The lowest BCUT2D eigenvalue weighted by atomic mass is 9.96. The molecule has 1 rings (SSSR count). The molecule has 1 fully saturated rings. The molecule has 0 aliphatic heterocycles. The average molecular weight is 228 g/mol. The summed E-state index contributed by atoms with van der Waals surface area (Å²) in [5, 5.41) is 5.98. The van der Waals surface area contributed by atoms with E-state index in [0.717, 1.165) is 19.3 Å². The minimum Gasteiger partial charge on any atom is -0.383 e. The van der Waals surface area contributed by atoms with E-state index in [2.05, 4.69) is 10.6 Å². The van der Waals surface area contributed by atoms with Crippen molar-refractivity contribution in [2.24, 2.45) is 0 Å². The van der Waals surface area contributed by atoms with Gasteiger partial charge in [0.2, 0.25) is 0 Å². The van der Waals surface area contributed by atoms with E-state index < -0.39 is 0 Å². The fraction of sp³-hybridized carbons (Fsp3) is 0.917. The number of hydrogen-bond donors (Lipinski definition) is 2. The first kappa shape index (κ1) is 13.3. The van der Waals surface area contributed by atoms with Gasteiger partial charge in [0.15, 0.2) is 0 Å². The highest BCUT2D eigenvalue weighted by Crippen LogP contribution is 2.17. The second-order valence-electron chi connectivity index (χ2n) is 4.51. The molecule has 0 aromatic heterocycles. The Morgan fingerprint density at radius 3 is 2.62 bits per heavy atom. The zero-order chi connectivity index (χ0) is 11.8. The van der Waals surface area contributed by atoms with Crippen molar-refractivity contribution in [3.05, 3.63) is 0 Å². The summed E-state index contributed by atoms with van der Waals surface area (Å²) < 4.78 is 5.04. The smallest absolute Gasteiger partial charge is 0.315 e. The number of carbonyl (C=O) groups excluding carboxylic acids is 1. The lowest BCUT2D eigenvalue weighted by molar-refractivity contribution is 0.162. The van der Waals surface area contributed by atoms with Crippen molar-refractivity contribution in [1.82, 2.24) is 10.6 Å². The summed E-state index contributed by atoms with van der Waals surface area (Å²) in [6.07, 6.45) is 6.91. The fourth-order valence-electron chi connectivity index (χ4n) is 2.12. The van der Waals surface area contributed by atoms with Crippen LogP contribution in [0.2, 0.25) is 0 Å². The lowest BCUT2D eigenvalue weighted by Crippen LogP contribution is -2.47. The Balaban J connectivity index is 2.22. The zero-order valence-corrected chi connectivity index (χ0v) is 10.4. The topological polar surface area (TPSA) is 50.4 Å². The van der Waals surface area contributed by atoms with Crippen molar-refractivity contribution < 1.29 is 9.53 Å². The summed E-state index contributed by atoms with van der Waals surface area (Å²) in [6.45, 7) is 2.62. The Hall–Kier alpha value is -0.770. The second kappa shape index (κ2) is 7.49. The maximum Gasteiger partial charge on any atom is 0.315 e. The van der Waals surface area contributed by atoms with Crippen molar-refractivity contribution in [2.75, 3.05) is 13.7 Å². The van der Waals surface area contributed by atoms with Crippen LogP contribution in [0.5, 0.6) is 0 Å². The second-order valence-corrected chi connectivity index (χ2v) is 4.51. The molecular weight excluding hydrogens is 204 g/mol. The van der Waals surface area contributed by atoms with Crippen LogP contribution in [0.15, 0.2) is 0 Å². The van der Waals surface area contributed by atoms with Crippen LogP contribution in [0.1, 0.15) is 45.4 Å². The van der Waals surface area contributed by atoms with Gasteiger partial charge in [-0.05, 0) is 19.3 Å². The molecule has 94 valence electrons. The van der Waals surface area contributed by atoms with Gasteiger partial charge in [-0.1, -0.05) is 26.2 Å². The van der Waals surface area contributed by atoms with Crippen LogP contribution in [0.3, 0.4) is 0 Å². The molecule has 0 bridgehead atoms. The van der Waals surface area contributed by atoms with E-state index in [1.54, 1.807) is 7.11 Å². The molecule has 0 radical (unpaired) electrons. The van der Waals surface area contributed by atoms with Gasteiger partial charge < -0.3 is 15.4 Å². The third-order valence-electron chi connectivity index (χ3n) is 3.14. The standard InChI is InChI=1S/C12H24N2O2/c1-3-10(9-16-2)13-12(15)14-11-7-5-4-6-8-11/h10-11H,3-9H2,1-2H3,(H2,13,14,15). The highest BCUT2D eigenvalue weighted by atomic mass is 16.5. The molecule has 0 saturated heterocycles. The van der Waals surface area contributed by atoms with E-state index in [9.17, 15) is 4.79 Å². The molecule has 1 unspecified atom stereocenters. The predicted octanol–water partition coefficient (Wildman–Crippen LogP) is 2.04. The molecule has 4 heteroatoms. The molecule has 4 nitrogen and oxygen atoms in total. The summed E-state index contributed by atoms with van der Waals surface area (Å²) in [5.41, 5.74) is 0. The van der Waals surface area contributed by atoms with Crippen LogP contribution < -0.4 is 10.6 Å². The third kappa shape index (κ3) is 4.84. The molecule has 1 saturated carbocycles. The largest absolute Gasteiger partial charge is 0.383 e. The third-order valence-corrected chi connectivity index (χ3v) is 3.14. The first-order valence-electron chi connectivity index (χ1n) is 6.32. The minimum absolute atomic E-state index is 0.0456. The normalized spacial score (nSPS) is 19.1. The highest BCUT2D eigenvalue weighted by Gasteiger charge is 2.17. The van der Waals surface area contributed by atoms with Crippen molar-refractivity contribution in [1.29, 1.82) is 0 Å². The molecule has 16 heavy (non-hydrogen) atoms. The molecule has 1 aliphatic carbocycles. The van der Waals surface area contributed by atoms with E-state index in [0.29, 0.717) is 12.6 Å². The van der Waals surface area contributed by atoms with Gasteiger partial charge in [-0.3, -0.25) is 0 Å². The molecule has 2 amide bonds.